The maximum Gasteiger partial charge on any atom is 0.176 e. The Morgan fingerprint density at radius 1 is 0.575 bits per heavy atom. The van der Waals surface area contributed by atoms with E-state index in [1.54, 1.807) is 34.6 Å². The van der Waals surface area contributed by atoms with Gasteiger partial charge in [0.05, 0.1) is 22.6 Å². The fraction of sp³-hybridized carbons (Fsp3) is 0.290. The highest BCUT2D eigenvalue weighted by Crippen LogP contribution is 2.54. The Morgan fingerprint density at radius 3 is 1.48 bits per heavy atom. The molecular weight excluding hydrogens is 516 g/mol. The topological polar surface area (TPSA) is 154 Å². The van der Waals surface area contributed by atoms with Crippen LogP contribution in [-0.4, -0.2) is 49.3 Å². The quantitative estimate of drug-likeness (QED) is 0.203. The molecule has 0 aromatic heterocycles. The number of aromatic hydroxyl groups is 5. The third-order valence-electron chi connectivity index (χ3n) is 8.46. The maximum absolute atomic E-state index is 13.1. The van der Waals surface area contributed by atoms with E-state index in [1.165, 1.54) is 18.2 Å². The standard InChI is InChI=1S/C31H28O9/c1-10-6-17(32)24-15(7-20-26(30(24)37)28(35)11(2)13(4)39-20)22(10)23-16-8-21-27(29(36)12(3)14(5)40-21)31(38)25(16)19(34)9-18(23)33/h6-9,11-14,32-34,37-38H,1-5H3. The average molecular weight is 545 g/mol. The SMILES string of the molecule is Cc1cc(O)c2c(O)c3c(cc2c1-c1c(O)cc(O)c2c(O)c4c(cc12)OC(C)C(C)C4=O)OC(C)C(C)C3=O. The fourth-order valence-corrected chi connectivity index (χ4v) is 5.92. The Morgan fingerprint density at radius 2 is 1.00 bits per heavy atom. The first-order chi connectivity index (χ1) is 18.8. The second-order valence-corrected chi connectivity index (χ2v) is 10.9. The largest absolute Gasteiger partial charge is 0.507 e. The van der Waals surface area contributed by atoms with Gasteiger partial charge in [-0.15, -0.1) is 0 Å². The number of benzene rings is 4. The molecule has 4 unspecified atom stereocenters. The Bertz CT molecular complexity index is 1690. The normalized spacial score (nSPS) is 22.1. The zero-order valence-corrected chi connectivity index (χ0v) is 22.5. The average Bonchev–Trinajstić information content (AvgIpc) is 2.86. The predicted molar refractivity (Wildman–Crippen MR) is 147 cm³/mol. The molecule has 9 nitrogen and oxygen atoms in total. The van der Waals surface area contributed by atoms with Crippen molar-refractivity contribution in [1.29, 1.82) is 0 Å². The molecule has 6 rings (SSSR count). The van der Waals surface area contributed by atoms with E-state index in [-0.39, 0.29) is 72.8 Å². The van der Waals surface area contributed by atoms with Crippen LogP contribution in [0, 0.1) is 18.8 Å². The summed E-state index contributed by atoms with van der Waals surface area (Å²) in [5, 5.41) is 55.8. The lowest BCUT2D eigenvalue weighted by Crippen LogP contribution is -2.33. The summed E-state index contributed by atoms with van der Waals surface area (Å²) in [4.78, 5) is 26.2. The van der Waals surface area contributed by atoms with Crippen LogP contribution in [0.5, 0.6) is 40.2 Å². The first-order valence-corrected chi connectivity index (χ1v) is 13.0. The molecule has 0 spiro atoms. The number of ketones is 2. The van der Waals surface area contributed by atoms with E-state index in [2.05, 4.69) is 0 Å². The van der Waals surface area contributed by atoms with E-state index >= 15 is 0 Å². The van der Waals surface area contributed by atoms with E-state index in [0.29, 0.717) is 11.1 Å². The summed E-state index contributed by atoms with van der Waals surface area (Å²) in [6, 6.07) is 5.47. The van der Waals surface area contributed by atoms with Crippen LogP contribution in [-0.2, 0) is 0 Å². The van der Waals surface area contributed by atoms with Crippen LogP contribution in [0.1, 0.15) is 54.0 Å². The summed E-state index contributed by atoms with van der Waals surface area (Å²) in [7, 11) is 0. The number of carbonyl (C=O) groups is 2. The Kier molecular flexibility index (Phi) is 5.39. The van der Waals surface area contributed by atoms with Crippen LogP contribution in [0.3, 0.4) is 0 Å². The number of fused-ring (bicyclic) bond motifs is 4. The molecule has 4 aromatic carbocycles. The van der Waals surface area contributed by atoms with E-state index in [9.17, 15) is 35.1 Å². The first kappa shape index (κ1) is 25.6. The van der Waals surface area contributed by atoms with Gasteiger partial charge < -0.3 is 35.0 Å². The molecule has 0 aliphatic carbocycles. The van der Waals surface area contributed by atoms with Gasteiger partial charge in [-0.25, -0.2) is 0 Å². The molecule has 0 saturated heterocycles. The lowest BCUT2D eigenvalue weighted by Gasteiger charge is -2.30. The van der Waals surface area contributed by atoms with Gasteiger partial charge in [0.15, 0.2) is 11.6 Å². The van der Waals surface area contributed by atoms with Crippen molar-refractivity contribution >= 4 is 33.1 Å². The molecule has 0 fully saturated rings. The van der Waals surface area contributed by atoms with Crippen molar-refractivity contribution in [2.24, 2.45) is 11.8 Å². The summed E-state index contributed by atoms with van der Waals surface area (Å²) < 4.78 is 11.9. The van der Waals surface area contributed by atoms with Crippen molar-refractivity contribution in [1.82, 2.24) is 0 Å². The van der Waals surface area contributed by atoms with Gasteiger partial charge in [-0.05, 0) is 50.1 Å². The molecule has 40 heavy (non-hydrogen) atoms. The van der Waals surface area contributed by atoms with E-state index in [1.807, 2.05) is 0 Å². The number of phenols is 5. The summed E-state index contributed by atoms with van der Waals surface area (Å²) in [5.41, 5.74) is 0.882. The smallest absolute Gasteiger partial charge is 0.176 e. The van der Waals surface area contributed by atoms with Gasteiger partial charge in [-0.1, -0.05) is 13.8 Å². The monoisotopic (exact) mass is 544 g/mol. The number of hydrogen-bond donors (Lipinski definition) is 5. The number of hydrogen-bond acceptors (Lipinski definition) is 9. The van der Waals surface area contributed by atoms with Crippen molar-refractivity contribution in [3.8, 4) is 51.4 Å². The summed E-state index contributed by atoms with van der Waals surface area (Å²) in [6.45, 7) is 8.55. The third kappa shape index (κ3) is 3.27. The first-order valence-electron chi connectivity index (χ1n) is 13.0. The van der Waals surface area contributed by atoms with Gasteiger partial charge in [0.2, 0.25) is 0 Å². The molecule has 0 amide bonds. The summed E-state index contributed by atoms with van der Waals surface area (Å²) in [5.74, 6) is -3.50. The van der Waals surface area contributed by atoms with Gasteiger partial charge >= 0.3 is 0 Å². The molecule has 206 valence electrons. The van der Waals surface area contributed by atoms with Gasteiger partial charge in [0, 0.05) is 22.4 Å². The van der Waals surface area contributed by atoms with Crippen LogP contribution in [0.2, 0.25) is 0 Å². The Labute approximate surface area is 228 Å². The van der Waals surface area contributed by atoms with Crippen LogP contribution in [0.25, 0.3) is 32.7 Å². The van der Waals surface area contributed by atoms with Gasteiger partial charge in [-0.3, -0.25) is 9.59 Å². The Hall–Kier alpha value is -4.66. The van der Waals surface area contributed by atoms with E-state index in [0.717, 1.165) is 6.07 Å². The third-order valence-corrected chi connectivity index (χ3v) is 8.46. The maximum atomic E-state index is 13.1. The summed E-state index contributed by atoms with van der Waals surface area (Å²) >= 11 is 0. The van der Waals surface area contributed by atoms with E-state index < -0.39 is 41.3 Å². The number of phenolic OH excluding ortho intramolecular Hbond substituents is 5. The van der Waals surface area contributed by atoms with Gasteiger partial charge in [0.25, 0.3) is 0 Å². The van der Waals surface area contributed by atoms with Gasteiger partial charge in [-0.2, -0.15) is 0 Å². The molecule has 5 N–H and O–H groups in total. The fourth-order valence-electron chi connectivity index (χ4n) is 5.92. The lowest BCUT2D eigenvalue weighted by molar-refractivity contribution is 0.0716. The molecule has 0 saturated carbocycles. The Balaban J connectivity index is 1.76. The molecule has 4 atom stereocenters. The number of carbonyl (C=O) groups excluding carboxylic acids is 2. The van der Waals surface area contributed by atoms with Crippen molar-refractivity contribution in [3.05, 3.63) is 41.0 Å². The zero-order valence-electron chi connectivity index (χ0n) is 22.5. The van der Waals surface area contributed by atoms with E-state index in [4.69, 9.17) is 9.47 Å². The minimum Gasteiger partial charge on any atom is -0.507 e. The second kappa shape index (κ2) is 8.42. The van der Waals surface area contributed by atoms with Crippen LogP contribution < -0.4 is 9.47 Å². The minimum atomic E-state index is -0.528. The lowest BCUT2D eigenvalue weighted by atomic mass is 9.84. The highest BCUT2D eigenvalue weighted by atomic mass is 16.5. The van der Waals surface area contributed by atoms with Crippen LogP contribution in [0.15, 0.2) is 24.3 Å². The van der Waals surface area contributed by atoms with Gasteiger partial charge in [0.1, 0.15) is 63.6 Å². The van der Waals surface area contributed by atoms with Crippen molar-refractivity contribution in [3.63, 3.8) is 0 Å². The molecular formula is C31H28O9. The summed E-state index contributed by atoms with van der Waals surface area (Å²) in [6.07, 6.45) is -0.950. The highest BCUT2D eigenvalue weighted by Gasteiger charge is 2.38. The number of ether oxygens (including phenoxy) is 2. The highest BCUT2D eigenvalue weighted by molar-refractivity contribution is 6.19. The molecule has 4 aromatic rings. The van der Waals surface area contributed by atoms with Crippen molar-refractivity contribution < 1.29 is 44.6 Å². The zero-order chi connectivity index (χ0) is 28.9. The molecule has 2 heterocycles. The molecule has 0 radical (unpaired) electrons. The molecule has 2 aliphatic rings. The predicted octanol–water partition coefficient (Wildman–Crippen LogP) is 5.70. The van der Waals surface area contributed by atoms with Crippen LogP contribution in [0.4, 0.5) is 0 Å². The number of Topliss-reactive ketones (excluding diaryl/α,β-unsaturated/α-hetero) is 2. The second-order valence-electron chi connectivity index (χ2n) is 10.9. The minimum absolute atomic E-state index is 0.0188. The van der Waals surface area contributed by atoms with Crippen LogP contribution >= 0.6 is 0 Å². The number of rotatable bonds is 1. The number of aryl methyl sites for hydroxylation is 1. The molecule has 0 bridgehead atoms. The molecule has 9 heteroatoms. The molecule has 2 aliphatic heterocycles. The van der Waals surface area contributed by atoms with Crippen molar-refractivity contribution in [2.75, 3.05) is 0 Å². The van der Waals surface area contributed by atoms with Crippen molar-refractivity contribution in [2.45, 2.75) is 46.8 Å².